The summed E-state index contributed by atoms with van der Waals surface area (Å²) in [6, 6.07) is 13.2. The van der Waals surface area contributed by atoms with Gasteiger partial charge in [0.15, 0.2) is 0 Å². The number of esters is 1. The van der Waals surface area contributed by atoms with Crippen LogP contribution in [0.3, 0.4) is 0 Å². The SMILES string of the molecule is Nc1cccc(CC(=O)OCc2ccccc2F)c1. The quantitative estimate of drug-likeness (QED) is 0.678. The highest BCUT2D eigenvalue weighted by molar-refractivity contribution is 5.73. The molecule has 98 valence electrons. The Morgan fingerprint density at radius 1 is 1.16 bits per heavy atom. The molecule has 2 aromatic carbocycles. The van der Waals surface area contributed by atoms with Gasteiger partial charge in [-0.3, -0.25) is 4.79 Å². The first-order valence-electron chi connectivity index (χ1n) is 5.88. The summed E-state index contributed by atoms with van der Waals surface area (Å²) < 4.78 is 18.3. The highest BCUT2D eigenvalue weighted by Gasteiger charge is 2.07. The minimum Gasteiger partial charge on any atom is -0.460 e. The maximum Gasteiger partial charge on any atom is 0.310 e. The molecule has 0 aliphatic heterocycles. The molecule has 2 rings (SSSR count). The predicted molar refractivity (Wildman–Crippen MR) is 70.8 cm³/mol. The second-order valence-electron chi connectivity index (χ2n) is 4.17. The number of halogens is 1. The molecule has 4 heteroatoms. The summed E-state index contributed by atoms with van der Waals surface area (Å²) in [6.45, 7) is -0.0617. The van der Waals surface area contributed by atoms with E-state index < -0.39 is 5.97 Å². The third-order valence-corrected chi connectivity index (χ3v) is 2.65. The van der Waals surface area contributed by atoms with Crippen LogP contribution >= 0.6 is 0 Å². The van der Waals surface area contributed by atoms with Crippen LogP contribution in [-0.4, -0.2) is 5.97 Å². The molecular weight excluding hydrogens is 245 g/mol. The van der Waals surface area contributed by atoms with Crippen LogP contribution in [0.2, 0.25) is 0 Å². The Labute approximate surface area is 110 Å². The Bertz CT molecular complexity index is 584. The fourth-order valence-electron chi connectivity index (χ4n) is 1.69. The van der Waals surface area contributed by atoms with Crippen LogP contribution in [0.25, 0.3) is 0 Å². The van der Waals surface area contributed by atoms with Gasteiger partial charge in [0.05, 0.1) is 6.42 Å². The van der Waals surface area contributed by atoms with Crippen molar-refractivity contribution in [3.05, 3.63) is 65.5 Å². The molecule has 0 saturated carbocycles. The first kappa shape index (κ1) is 13.1. The largest absolute Gasteiger partial charge is 0.460 e. The number of benzene rings is 2. The van der Waals surface area contributed by atoms with Gasteiger partial charge in [-0.2, -0.15) is 0 Å². The molecule has 0 aromatic heterocycles. The van der Waals surface area contributed by atoms with Crippen molar-refractivity contribution >= 4 is 11.7 Å². The lowest BCUT2D eigenvalue weighted by atomic mass is 10.1. The lowest BCUT2D eigenvalue weighted by Crippen LogP contribution is -2.09. The van der Waals surface area contributed by atoms with Crippen LogP contribution in [0, 0.1) is 5.82 Å². The molecule has 0 amide bonds. The molecular formula is C15H14FNO2. The summed E-state index contributed by atoms with van der Waals surface area (Å²) in [4.78, 5) is 11.6. The third-order valence-electron chi connectivity index (χ3n) is 2.65. The Hall–Kier alpha value is -2.36. The molecule has 0 saturated heterocycles. The van der Waals surface area contributed by atoms with E-state index in [9.17, 15) is 9.18 Å². The lowest BCUT2D eigenvalue weighted by Gasteiger charge is -2.06. The molecule has 19 heavy (non-hydrogen) atoms. The van der Waals surface area contributed by atoms with E-state index in [1.165, 1.54) is 6.07 Å². The van der Waals surface area contributed by atoms with E-state index in [0.29, 0.717) is 11.3 Å². The van der Waals surface area contributed by atoms with Crippen molar-refractivity contribution in [3.63, 3.8) is 0 Å². The summed E-state index contributed by atoms with van der Waals surface area (Å²) in [5, 5.41) is 0. The summed E-state index contributed by atoms with van der Waals surface area (Å²) in [5.41, 5.74) is 7.35. The van der Waals surface area contributed by atoms with Crippen molar-refractivity contribution in [2.75, 3.05) is 5.73 Å². The third kappa shape index (κ3) is 3.81. The van der Waals surface area contributed by atoms with Gasteiger partial charge in [-0.15, -0.1) is 0 Å². The summed E-state index contributed by atoms with van der Waals surface area (Å²) in [7, 11) is 0. The monoisotopic (exact) mass is 259 g/mol. The number of nitrogen functional groups attached to an aromatic ring is 1. The Morgan fingerprint density at radius 3 is 2.68 bits per heavy atom. The Morgan fingerprint density at radius 2 is 1.95 bits per heavy atom. The van der Waals surface area contributed by atoms with E-state index in [4.69, 9.17) is 10.5 Å². The van der Waals surface area contributed by atoms with Gasteiger partial charge in [-0.05, 0) is 23.8 Å². The predicted octanol–water partition coefficient (Wildman–Crippen LogP) is 2.69. The summed E-state index contributed by atoms with van der Waals surface area (Å²) in [6.07, 6.45) is 0.124. The van der Waals surface area contributed by atoms with Gasteiger partial charge in [0.1, 0.15) is 12.4 Å². The van der Waals surface area contributed by atoms with E-state index in [-0.39, 0.29) is 18.8 Å². The van der Waals surface area contributed by atoms with Gasteiger partial charge in [-0.25, -0.2) is 4.39 Å². The fraction of sp³-hybridized carbons (Fsp3) is 0.133. The molecule has 0 radical (unpaired) electrons. The number of ether oxygens (including phenoxy) is 1. The average Bonchev–Trinajstić information content (AvgIpc) is 2.38. The molecule has 3 nitrogen and oxygen atoms in total. The molecule has 0 unspecified atom stereocenters. The van der Waals surface area contributed by atoms with Crippen molar-refractivity contribution < 1.29 is 13.9 Å². The van der Waals surface area contributed by atoms with Crippen LogP contribution in [0.15, 0.2) is 48.5 Å². The molecule has 0 atom stereocenters. The number of hydrogen-bond donors (Lipinski definition) is 1. The number of rotatable bonds is 4. The minimum atomic E-state index is -0.408. The normalized spacial score (nSPS) is 10.2. The van der Waals surface area contributed by atoms with Gasteiger partial charge in [-0.1, -0.05) is 30.3 Å². The lowest BCUT2D eigenvalue weighted by molar-refractivity contribution is -0.144. The summed E-state index contributed by atoms with van der Waals surface area (Å²) in [5.74, 6) is -0.784. The van der Waals surface area contributed by atoms with Crippen molar-refractivity contribution in [1.29, 1.82) is 0 Å². The zero-order chi connectivity index (χ0) is 13.7. The molecule has 2 aromatic rings. The van der Waals surface area contributed by atoms with Gasteiger partial charge in [0.2, 0.25) is 0 Å². The highest BCUT2D eigenvalue weighted by Crippen LogP contribution is 2.10. The average molecular weight is 259 g/mol. The number of carbonyl (C=O) groups is 1. The van der Waals surface area contributed by atoms with E-state index in [1.54, 1.807) is 42.5 Å². The molecule has 0 heterocycles. The van der Waals surface area contributed by atoms with Crippen LogP contribution in [0.4, 0.5) is 10.1 Å². The molecule has 0 fully saturated rings. The van der Waals surface area contributed by atoms with Crippen LogP contribution < -0.4 is 5.73 Å². The Kier molecular flexibility index (Phi) is 4.13. The number of carbonyl (C=O) groups excluding carboxylic acids is 1. The van der Waals surface area contributed by atoms with Gasteiger partial charge < -0.3 is 10.5 Å². The van der Waals surface area contributed by atoms with Gasteiger partial charge in [0, 0.05) is 11.3 Å². The maximum atomic E-state index is 13.3. The molecule has 0 spiro atoms. The van der Waals surface area contributed by atoms with Crippen LogP contribution in [-0.2, 0) is 22.6 Å². The fourth-order valence-corrected chi connectivity index (χ4v) is 1.69. The van der Waals surface area contributed by atoms with Gasteiger partial charge >= 0.3 is 5.97 Å². The maximum absolute atomic E-state index is 13.3. The van der Waals surface area contributed by atoms with E-state index >= 15 is 0 Å². The molecule has 0 bridgehead atoms. The Balaban J connectivity index is 1.90. The molecule has 0 aliphatic rings. The second-order valence-corrected chi connectivity index (χ2v) is 4.17. The minimum absolute atomic E-state index is 0.0617. The molecule has 0 aliphatic carbocycles. The highest BCUT2D eigenvalue weighted by atomic mass is 19.1. The smallest absolute Gasteiger partial charge is 0.310 e. The zero-order valence-corrected chi connectivity index (χ0v) is 10.3. The number of anilines is 1. The van der Waals surface area contributed by atoms with E-state index in [0.717, 1.165) is 5.56 Å². The van der Waals surface area contributed by atoms with Gasteiger partial charge in [0.25, 0.3) is 0 Å². The van der Waals surface area contributed by atoms with E-state index in [1.807, 2.05) is 0 Å². The standard InChI is InChI=1S/C15H14FNO2/c16-14-7-2-1-5-12(14)10-19-15(18)9-11-4-3-6-13(17)8-11/h1-8H,9-10,17H2. The van der Waals surface area contributed by atoms with Crippen molar-refractivity contribution in [2.45, 2.75) is 13.0 Å². The second kappa shape index (κ2) is 6.00. The molecule has 2 N–H and O–H groups in total. The van der Waals surface area contributed by atoms with Crippen LogP contribution in [0.5, 0.6) is 0 Å². The van der Waals surface area contributed by atoms with Crippen molar-refractivity contribution in [3.8, 4) is 0 Å². The first-order chi connectivity index (χ1) is 9.15. The number of hydrogen-bond acceptors (Lipinski definition) is 3. The first-order valence-corrected chi connectivity index (χ1v) is 5.88. The summed E-state index contributed by atoms with van der Waals surface area (Å²) >= 11 is 0. The van der Waals surface area contributed by atoms with Crippen molar-refractivity contribution in [2.24, 2.45) is 0 Å². The van der Waals surface area contributed by atoms with Crippen LogP contribution in [0.1, 0.15) is 11.1 Å². The zero-order valence-electron chi connectivity index (χ0n) is 10.3. The van der Waals surface area contributed by atoms with E-state index in [2.05, 4.69) is 0 Å². The topological polar surface area (TPSA) is 52.3 Å². The number of nitrogens with two attached hydrogens (primary N) is 1. The van der Waals surface area contributed by atoms with Crippen molar-refractivity contribution in [1.82, 2.24) is 0 Å².